The zero-order valence-electron chi connectivity index (χ0n) is 7.08. The predicted molar refractivity (Wildman–Crippen MR) is 55.8 cm³/mol. The maximum Gasteiger partial charge on any atom is 0.116 e. The van der Waals surface area contributed by atoms with E-state index in [0.717, 1.165) is 21.1 Å². The smallest absolute Gasteiger partial charge is 0.116 e. The molecule has 0 bridgehead atoms. The molecule has 0 aliphatic rings. The van der Waals surface area contributed by atoms with Crippen molar-refractivity contribution >= 4 is 26.8 Å². The van der Waals surface area contributed by atoms with Crippen molar-refractivity contribution in [3.05, 3.63) is 34.4 Å². The van der Waals surface area contributed by atoms with Gasteiger partial charge in [-0.1, -0.05) is 15.9 Å². The van der Waals surface area contributed by atoms with Gasteiger partial charge in [-0.25, -0.2) is 0 Å². The molecule has 1 heterocycles. The molecule has 13 heavy (non-hydrogen) atoms. The number of benzene rings is 1. The van der Waals surface area contributed by atoms with E-state index in [9.17, 15) is 5.11 Å². The van der Waals surface area contributed by atoms with Crippen LogP contribution in [0.2, 0.25) is 0 Å². The van der Waals surface area contributed by atoms with Gasteiger partial charge in [0.05, 0.1) is 5.52 Å². The molecule has 2 nitrogen and oxygen atoms in total. The number of aromatic hydroxyl groups is 1. The molecule has 0 atom stereocenters. The fourth-order valence-corrected chi connectivity index (χ4v) is 1.95. The van der Waals surface area contributed by atoms with Crippen LogP contribution in [0.4, 0.5) is 0 Å². The first-order chi connectivity index (χ1) is 6.16. The molecule has 0 saturated carbocycles. The largest absolute Gasteiger partial charge is 0.508 e. The second-order valence-corrected chi connectivity index (χ2v) is 3.80. The highest BCUT2D eigenvalue weighted by atomic mass is 79.9. The molecule has 2 aromatic rings. The molecule has 0 unspecified atom stereocenters. The number of fused-ring (bicyclic) bond motifs is 1. The third-order valence-corrected chi connectivity index (χ3v) is 2.53. The first-order valence-corrected chi connectivity index (χ1v) is 4.72. The molecule has 1 aromatic carbocycles. The number of nitrogens with zero attached hydrogens (tertiary/aromatic N) is 1. The van der Waals surface area contributed by atoms with Gasteiger partial charge in [0.15, 0.2) is 0 Å². The molecule has 0 saturated heterocycles. The van der Waals surface area contributed by atoms with E-state index in [-0.39, 0.29) is 5.75 Å². The topological polar surface area (TPSA) is 33.1 Å². The second-order valence-electron chi connectivity index (χ2n) is 2.95. The number of halogens is 1. The summed E-state index contributed by atoms with van der Waals surface area (Å²) in [5.74, 6) is 0.263. The van der Waals surface area contributed by atoms with Crippen molar-refractivity contribution in [2.75, 3.05) is 0 Å². The van der Waals surface area contributed by atoms with Gasteiger partial charge in [-0.2, -0.15) is 0 Å². The van der Waals surface area contributed by atoms with Crippen molar-refractivity contribution in [2.24, 2.45) is 0 Å². The van der Waals surface area contributed by atoms with Crippen molar-refractivity contribution in [3.63, 3.8) is 0 Å². The normalized spacial score (nSPS) is 10.6. The molecule has 66 valence electrons. The molecule has 0 fully saturated rings. The van der Waals surface area contributed by atoms with E-state index in [1.54, 1.807) is 12.1 Å². The molecule has 2 rings (SSSR count). The van der Waals surface area contributed by atoms with Crippen LogP contribution in [-0.2, 0) is 0 Å². The molecule has 0 spiro atoms. The first kappa shape index (κ1) is 8.51. The van der Waals surface area contributed by atoms with Gasteiger partial charge in [0, 0.05) is 15.6 Å². The SMILES string of the molecule is Cc1cc(Br)c2cc(O)ccc2n1. The van der Waals surface area contributed by atoms with Crippen LogP contribution in [0.25, 0.3) is 10.9 Å². The number of rotatable bonds is 0. The van der Waals surface area contributed by atoms with Crippen LogP contribution in [0.3, 0.4) is 0 Å². The Labute approximate surface area is 84.4 Å². The highest BCUT2D eigenvalue weighted by Crippen LogP contribution is 2.26. The van der Waals surface area contributed by atoms with Gasteiger partial charge >= 0.3 is 0 Å². The fraction of sp³-hybridized carbons (Fsp3) is 0.100. The van der Waals surface area contributed by atoms with Crippen LogP contribution < -0.4 is 0 Å². The Hall–Kier alpha value is -1.09. The zero-order chi connectivity index (χ0) is 9.42. The Bertz CT molecular complexity index is 468. The van der Waals surface area contributed by atoms with Gasteiger partial charge < -0.3 is 5.11 Å². The Balaban J connectivity index is 2.87. The quantitative estimate of drug-likeness (QED) is 0.765. The molecule has 0 radical (unpaired) electrons. The molecular formula is C10H8BrNO. The third-order valence-electron chi connectivity index (χ3n) is 1.87. The van der Waals surface area contributed by atoms with Gasteiger partial charge in [-0.05, 0) is 31.2 Å². The lowest BCUT2D eigenvalue weighted by molar-refractivity contribution is 0.476. The molecular weight excluding hydrogens is 230 g/mol. The maximum atomic E-state index is 9.28. The average Bonchev–Trinajstić information content (AvgIpc) is 2.06. The average molecular weight is 238 g/mol. The highest BCUT2D eigenvalue weighted by molar-refractivity contribution is 9.10. The van der Waals surface area contributed by atoms with Gasteiger partial charge in [-0.15, -0.1) is 0 Å². The Kier molecular flexibility index (Phi) is 1.96. The van der Waals surface area contributed by atoms with E-state index in [1.165, 1.54) is 0 Å². The second kappa shape index (κ2) is 3.00. The molecule has 0 aliphatic carbocycles. The van der Waals surface area contributed by atoms with E-state index in [1.807, 2.05) is 19.1 Å². The fourth-order valence-electron chi connectivity index (χ4n) is 1.30. The lowest BCUT2D eigenvalue weighted by Crippen LogP contribution is -1.84. The Morgan fingerprint density at radius 3 is 2.85 bits per heavy atom. The van der Waals surface area contributed by atoms with Crippen molar-refractivity contribution in [2.45, 2.75) is 6.92 Å². The number of phenolic OH excluding ortho intramolecular Hbond substituents is 1. The molecule has 1 aromatic heterocycles. The number of phenols is 1. The number of aromatic nitrogens is 1. The summed E-state index contributed by atoms with van der Waals surface area (Å²) >= 11 is 3.43. The van der Waals surface area contributed by atoms with Crippen molar-refractivity contribution in [1.82, 2.24) is 4.98 Å². The van der Waals surface area contributed by atoms with Crippen LogP contribution in [0.15, 0.2) is 28.7 Å². The predicted octanol–water partition coefficient (Wildman–Crippen LogP) is 3.01. The number of hydrogen-bond acceptors (Lipinski definition) is 2. The Morgan fingerprint density at radius 2 is 2.08 bits per heavy atom. The van der Waals surface area contributed by atoms with E-state index in [2.05, 4.69) is 20.9 Å². The standard InChI is InChI=1S/C10H8BrNO/c1-6-4-9(11)8-5-7(13)2-3-10(8)12-6/h2-5,13H,1H3. The van der Waals surface area contributed by atoms with Gasteiger partial charge in [0.1, 0.15) is 5.75 Å². The number of hydrogen-bond donors (Lipinski definition) is 1. The summed E-state index contributed by atoms with van der Waals surface area (Å²) in [5.41, 5.74) is 1.86. The summed E-state index contributed by atoms with van der Waals surface area (Å²) < 4.78 is 0.964. The van der Waals surface area contributed by atoms with Crippen molar-refractivity contribution in [3.8, 4) is 5.75 Å². The monoisotopic (exact) mass is 237 g/mol. The Morgan fingerprint density at radius 1 is 1.31 bits per heavy atom. The summed E-state index contributed by atoms with van der Waals surface area (Å²) in [4.78, 5) is 4.34. The maximum absolute atomic E-state index is 9.28. The minimum absolute atomic E-state index is 0.263. The van der Waals surface area contributed by atoms with Crippen LogP contribution in [0.1, 0.15) is 5.69 Å². The molecule has 0 aliphatic heterocycles. The van der Waals surface area contributed by atoms with Crippen LogP contribution in [-0.4, -0.2) is 10.1 Å². The summed E-state index contributed by atoms with van der Waals surface area (Å²) in [6.45, 7) is 1.94. The lowest BCUT2D eigenvalue weighted by Gasteiger charge is -2.02. The number of aryl methyl sites for hydroxylation is 1. The van der Waals surface area contributed by atoms with Crippen LogP contribution in [0, 0.1) is 6.92 Å². The van der Waals surface area contributed by atoms with E-state index in [0.29, 0.717) is 0 Å². The third kappa shape index (κ3) is 1.52. The minimum Gasteiger partial charge on any atom is -0.508 e. The summed E-state index contributed by atoms with van der Waals surface area (Å²) in [7, 11) is 0. The minimum atomic E-state index is 0.263. The van der Waals surface area contributed by atoms with Gasteiger partial charge in [-0.3, -0.25) is 4.98 Å². The highest BCUT2D eigenvalue weighted by Gasteiger charge is 2.01. The van der Waals surface area contributed by atoms with E-state index >= 15 is 0 Å². The molecule has 1 N–H and O–H groups in total. The molecule has 3 heteroatoms. The van der Waals surface area contributed by atoms with Gasteiger partial charge in [0.25, 0.3) is 0 Å². The van der Waals surface area contributed by atoms with Gasteiger partial charge in [0.2, 0.25) is 0 Å². The van der Waals surface area contributed by atoms with Crippen LogP contribution in [0.5, 0.6) is 5.75 Å². The first-order valence-electron chi connectivity index (χ1n) is 3.93. The van der Waals surface area contributed by atoms with Crippen molar-refractivity contribution in [1.29, 1.82) is 0 Å². The van der Waals surface area contributed by atoms with Crippen LogP contribution >= 0.6 is 15.9 Å². The summed E-state index contributed by atoms with van der Waals surface area (Å²) in [6.07, 6.45) is 0. The van der Waals surface area contributed by atoms with E-state index in [4.69, 9.17) is 0 Å². The lowest BCUT2D eigenvalue weighted by atomic mass is 10.2. The summed E-state index contributed by atoms with van der Waals surface area (Å²) in [6, 6.07) is 7.08. The molecule has 0 amide bonds. The van der Waals surface area contributed by atoms with E-state index < -0.39 is 0 Å². The summed E-state index contributed by atoms with van der Waals surface area (Å²) in [5, 5.41) is 10.2. The van der Waals surface area contributed by atoms with Crippen molar-refractivity contribution < 1.29 is 5.11 Å². The number of pyridine rings is 1. The zero-order valence-corrected chi connectivity index (χ0v) is 8.67.